The molecule has 0 bridgehead atoms. The number of aliphatic hydroxyl groups is 1. The highest BCUT2D eigenvalue weighted by Gasteiger charge is 2.35. The highest BCUT2D eigenvalue weighted by Crippen LogP contribution is 2.35. The van der Waals surface area contributed by atoms with Crippen LogP contribution in [0.1, 0.15) is 17.2 Å². The molecule has 0 aromatic heterocycles. The monoisotopic (exact) mass is 294 g/mol. The SMILES string of the molecule is CN(C)CCNC(CO)c1ccc(F)cc1C(F)(F)F. The molecule has 1 unspecified atom stereocenters. The van der Waals surface area contributed by atoms with Crippen LogP contribution in [0.2, 0.25) is 0 Å². The van der Waals surface area contributed by atoms with Crippen LogP contribution in [0, 0.1) is 5.82 Å². The summed E-state index contributed by atoms with van der Waals surface area (Å²) in [6.45, 7) is 0.522. The van der Waals surface area contributed by atoms with Crippen molar-refractivity contribution in [2.24, 2.45) is 0 Å². The molecule has 20 heavy (non-hydrogen) atoms. The van der Waals surface area contributed by atoms with Gasteiger partial charge in [-0.1, -0.05) is 6.07 Å². The van der Waals surface area contributed by atoms with Crippen molar-refractivity contribution in [2.45, 2.75) is 12.2 Å². The summed E-state index contributed by atoms with van der Waals surface area (Å²) >= 11 is 0. The van der Waals surface area contributed by atoms with Crippen LogP contribution in [0.15, 0.2) is 18.2 Å². The highest BCUT2D eigenvalue weighted by atomic mass is 19.4. The van der Waals surface area contributed by atoms with E-state index >= 15 is 0 Å². The molecule has 0 heterocycles. The fraction of sp³-hybridized carbons (Fsp3) is 0.538. The lowest BCUT2D eigenvalue weighted by molar-refractivity contribution is -0.138. The molecule has 1 aromatic rings. The summed E-state index contributed by atoms with van der Waals surface area (Å²) < 4.78 is 51.7. The second-order valence-electron chi connectivity index (χ2n) is 4.72. The smallest absolute Gasteiger partial charge is 0.394 e. The average molecular weight is 294 g/mol. The fourth-order valence-electron chi connectivity index (χ4n) is 1.81. The molecule has 3 nitrogen and oxygen atoms in total. The highest BCUT2D eigenvalue weighted by molar-refractivity contribution is 5.33. The molecular formula is C13H18F4N2O. The van der Waals surface area contributed by atoms with Gasteiger partial charge in [0.15, 0.2) is 0 Å². The first-order valence-electron chi connectivity index (χ1n) is 6.11. The van der Waals surface area contributed by atoms with Gasteiger partial charge in [-0.2, -0.15) is 13.2 Å². The van der Waals surface area contributed by atoms with Crippen molar-refractivity contribution in [3.05, 3.63) is 35.1 Å². The van der Waals surface area contributed by atoms with E-state index in [1.165, 1.54) is 0 Å². The standard InChI is InChI=1S/C13H18F4N2O/c1-19(2)6-5-18-12(8-20)10-4-3-9(14)7-11(10)13(15,16)17/h3-4,7,12,18,20H,5-6,8H2,1-2H3. The van der Waals surface area contributed by atoms with E-state index in [9.17, 15) is 22.7 Å². The van der Waals surface area contributed by atoms with Crippen molar-refractivity contribution < 1.29 is 22.7 Å². The first kappa shape index (κ1) is 16.9. The van der Waals surface area contributed by atoms with Crippen LogP contribution in [0.4, 0.5) is 17.6 Å². The second kappa shape index (κ2) is 7.01. The summed E-state index contributed by atoms with van der Waals surface area (Å²) in [4.78, 5) is 1.86. The number of alkyl halides is 3. The molecule has 7 heteroatoms. The van der Waals surface area contributed by atoms with Gasteiger partial charge in [0.1, 0.15) is 5.82 Å². The largest absolute Gasteiger partial charge is 0.416 e. The molecule has 0 amide bonds. The van der Waals surface area contributed by atoms with E-state index in [1.54, 1.807) is 0 Å². The molecule has 0 aliphatic heterocycles. The van der Waals surface area contributed by atoms with Gasteiger partial charge >= 0.3 is 6.18 Å². The maximum atomic E-state index is 13.0. The molecule has 0 spiro atoms. The van der Waals surface area contributed by atoms with E-state index in [1.807, 2.05) is 19.0 Å². The third-order valence-electron chi connectivity index (χ3n) is 2.83. The Morgan fingerprint density at radius 2 is 1.95 bits per heavy atom. The summed E-state index contributed by atoms with van der Waals surface area (Å²) in [7, 11) is 3.66. The van der Waals surface area contributed by atoms with Gasteiger partial charge in [0.05, 0.1) is 18.2 Å². The first-order chi connectivity index (χ1) is 9.25. The lowest BCUT2D eigenvalue weighted by Crippen LogP contribution is -2.32. The molecule has 0 saturated carbocycles. The molecule has 0 radical (unpaired) electrons. The maximum Gasteiger partial charge on any atom is 0.416 e. The maximum absolute atomic E-state index is 13.0. The number of halogens is 4. The van der Waals surface area contributed by atoms with Crippen molar-refractivity contribution in [3.8, 4) is 0 Å². The number of rotatable bonds is 6. The van der Waals surface area contributed by atoms with Gasteiger partial charge in [-0.3, -0.25) is 0 Å². The van der Waals surface area contributed by atoms with Crippen LogP contribution in [0.5, 0.6) is 0 Å². The van der Waals surface area contributed by atoms with E-state index in [-0.39, 0.29) is 5.56 Å². The number of aliphatic hydroxyl groups excluding tert-OH is 1. The number of benzene rings is 1. The van der Waals surface area contributed by atoms with E-state index in [4.69, 9.17) is 0 Å². The average Bonchev–Trinajstić information content (AvgIpc) is 2.34. The van der Waals surface area contributed by atoms with Crippen molar-refractivity contribution in [1.82, 2.24) is 10.2 Å². The third kappa shape index (κ3) is 4.73. The number of hydrogen-bond donors (Lipinski definition) is 2. The molecule has 0 aliphatic rings. The molecular weight excluding hydrogens is 276 g/mol. The lowest BCUT2D eigenvalue weighted by Gasteiger charge is -2.22. The van der Waals surface area contributed by atoms with Crippen molar-refractivity contribution >= 4 is 0 Å². The van der Waals surface area contributed by atoms with Gasteiger partial charge in [0.2, 0.25) is 0 Å². The molecule has 0 fully saturated rings. The van der Waals surface area contributed by atoms with Crippen molar-refractivity contribution in [1.29, 1.82) is 0 Å². The molecule has 1 rings (SSSR count). The third-order valence-corrected chi connectivity index (χ3v) is 2.83. The summed E-state index contributed by atoms with van der Waals surface area (Å²) in [5.74, 6) is -0.953. The predicted molar refractivity (Wildman–Crippen MR) is 67.8 cm³/mol. The van der Waals surface area contributed by atoms with Gasteiger partial charge < -0.3 is 15.3 Å². The van der Waals surface area contributed by atoms with Crippen LogP contribution in [-0.2, 0) is 6.18 Å². The Hall–Kier alpha value is -1.18. The number of likely N-dealkylation sites (N-methyl/N-ethyl adjacent to an activating group) is 1. The van der Waals surface area contributed by atoms with Crippen LogP contribution in [0.25, 0.3) is 0 Å². The number of hydrogen-bond acceptors (Lipinski definition) is 3. The number of nitrogens with zero attached hydrogens (tertiary/aromatic N) is 1. The zero-order valence-corrected chi connectivity index (χ0v) is 11.3. The van der Waals surface area contributed by atoms with Gasteiger partial charge in [0, 0.05) is 13.1 Å². The van der Waals surface area contributed by atoms with Gasteiger partial charge in [-0.05, 0) is 31.8 Å². The molecule has 0 aliphatic carbocycles. The molecule has 114 valence electrons. The normalized spacial score (nSPS) is 13.8. The van der Waals surface area contributed by atoms with Crippen molar-refractivity contribution in [2.75, 3.05) is 33.8 Å². The summed E-state index contributed by atoms with van der Waals surface area (Å²) in [6, 6.07) is 1.58. The Morgan fingerprint density at radius 1 is 1.30 bits per heavy atom. The summed E-state index contributed by atoms with van der Waals surface area (Å²) in [5.41, 5.74) is -1.21. The summed E-state index contributed by atoms with van der Waals surface area (Å²) in [6.07, 6.45) is -4.66. The van der Waals surface area contributed by atoms with Crippen LogP contribution in [0.3, 0.4) is 0 Å². The second-order valence-corrected chi connectivity index (χ2v) is 4.72. The first-order valence-corrected chi connectivity index (χ1v) is 6.11. The van der Waals surface area contributed by atoms with Gasteiger partial charge in [-0.25, -0.2) is 4.39 Å². The van der Waals surface area contributed by atoms with Crippen LogP contribution < -0.4 is 5.32 Å². The van der Waals surface area contributed by atoms with E-state index < -0.39 is 30.2 Å². The molecule has 0 saturated heterocycles. The molecule has 1 atom stereocenters. The molecule has 1 aromatic carbocycles. The Kier molecular flexibility index (Phi) is 5.91. The van der Waals surface area contributed by atoms with Gasteiger partial charge in [-0.15, -0.1) is 0 Å². The Labute approximate surface area is 115 Å². The minimum Gasteiger partial charge on any atom is -0.394 e. The minimum absolute atomic E-state index is 0.153. The topological polar surface area (TPSA) is 35.5 Å². The Bertz CT molecular complexity index is 435. The Balaban J connectivity index is 2.97. The predicted octanol–water partition coefficient (Wildman–Crippen LogP) is 2.03. The van der Waals surface area contributed by atoms with Crippen molar-refractivity contribution in [3.63, 3.8) is 0 Å². The van der Waals surface area contributed by atoms with E-state index in [2.05, 4.69) is 5.32 Å². The summed E-state index contributed by atoms with van der Waals surface area (Å²) in [5, 5.41) is 12.1. The van der Waals surface area contributed by atoms with Gasteiger partial charge in [0.25, 0.3) is 0 Å². The minimum atomic E-state index is -4.66. The molecule has 2 N–H and O–H groups in total. The Morgan fingerprint density at radius 3 is 2.45 bits per heavy atom. The lowest BCUT2D eigenvalue weighted by atomic mass is 10.00. The zero-order valence-electron chi connectivity index (χ0n) is 11.3. The van der Waals surface area contributed by atoms with E-state index in [0.717, 1.165) is 12.1 Å². The zero-order chi connectivity index (χ0) is 15.3. The van der Waals surface area contributed by atoms with E-state index in [0.29, 0.717) is 19.2 Å². The fourth-order valence-corrected chi connectivity index (χ4v) is 1.81. The van der Waals surface area contributed by atoms with Crippen LogP contribution in [-0.4, -0.2) is 43.8 Å². The number of nitrogens with one attached hydrogen (secondary N) is 1. The quantitative estimate of drug-likeness (QED) is 0.788. The van der Waals surface area contributed by atoms with Crippen LogP contribution >= 0.6 is 0 Å².